The standard InChI is InChI=1S/C8H20N7/c9-3-1-5-13-7(11)15-8(12)14-6-2-4-10/h1-6,9-10H2,(H4-,11,12,13,14,15)/q-1/p+1. The van der Waals surface area contributed by atoms with E-state index in [1.807, 2.05) is 0 Å². The second kappa shape index (κ2) is 9.22. The fourth-order valence-electron chi connectivity index (χ4n) is 0.825. The highest BCUT2D eigenvalue weighted by atomic mass is 15.2. The molecule has 0 saturated carbocycles. The first-order valence-electron chi connectivity index (χ1n) is 5.06. The summed E-state index contributed by atoms with van der Waals surface area (Å²) in [5, 5.41) is 14.5. The SMILES string of the molecule is [N-]=C(NCCCN)NC(N)=NCCC[NH3+]. The lowest BCUT2D eigenvalue weighted by atomic mass is 10.4. The van der Waals surface area contributed by atoms with E-state index in [4.69, 9.17) is 11.5 Å². The molecule has 15 heavy (non-hydrogen) atoms. The Kier molecular flexibility index (Phi) is 8.40. The molecule has 7 heteroatoms. The fourth-order valence-corrected chi connectivity index (χ4v) is 0.825. The number of nitrogens with zero attached hydrogens (tertiary/aromatic N) is 2. The van der Waals surface area contributed by atoms with E-state index < -0.39 is 0 Å². The van der Waals surface area contributed by atoms with E-state index in [9.17, 15) is 5.41 Å². The van der Waals surface area contributed by atoms with Crippen molar-refractivity contribution in [1.82, 2.24) is 10.6 Å². The number of aliphatic imine (C=N–C) groups is 1. The normalized spacial score (nSPS) is 11.2. The maximum absolute atomic E-state index is 9.28. The zero-order chi connectivity index (χ0) is 11.5. The molecule has 0 aromatic carbocycles. The van der Waals surface area contributed by atoms with Gasteiger partial charge in [-0.15, -0.1) is 0 Å². The Morgan fingerprint density at radius 3 is 2.73 bits per heavy atom. The molecule has 0 rings (SSSR count). The summed E-state index contributed by atoms with van der Waals surface area (Å²) in [6.45, 7) is 2.61. The van der Waals surface area contributed by atoms with E-state index in [0.717, 1.165) is 19.4 Å². The third-order valence-corrected chi connectivity index (χ3v) is 1.61. The van der Waals surface area contributed by atoms with Crippen LogP contribution < -0.4 is 27.8 Å². The molecule has 0 fully saturated rings. The van der Waals surface area contributed by atoms with Gasteiger partial charge >= 0.3 is 0 Å². The molecule has 0 amide bonds. The first-order chi connectivity index (χ1) is 7.20. The second-order valence-electron chi connectivity index (χ2n) is 3.02. The Labute approximate surface area is 90.0 Å². The topological polar surface area (TPSA) is 138 Å². The average molecular weight is 215 g/mol. The lowest BCUT2D eigenvalue weighted by Crippen LogP contribution is -2.50. The van der Waals surface area contributed by atoms with Gasteiger partial charge in [-0.2, -0.15) is 0 Å². The number of guanidine groups is 2. The van der Waals surface area contributed by atoms with Crippen LogP contribution in [0.4, 0.5) is 0 Å². The van der Waals surface area contributed by atoms with Crippen molar-refractivity contribution in [1.29, 1.82) is 0 Å². The van der Waals surface area contributed by atoms with Crippen molar-refractivity contribution in [3.63, 3.8) is 0 Å². The summed E-state index contributed by atoms with van der Waals surface area (Å²) >= 11 is 0. The monoisotopic (exact) mass is 215 g/mol. The van der Waals surface area contributed by atoms with Crippen molar-refractivity contribution in [3.05, 3.63) is 5.41 Å². The van der Waals surface area contributed by atoms with Crippen LogP contribution in [0.1, 0.15) is 12.8 Å². The summed E-state index contributed by atoms with van der Waals surface area (Å²) in [6, 6.07) is 0. The Balaban J connectivity index is 3.60. The van der Waals surface area contributed by atoms with Crippen LogP contribution in [0, 0.1) is 0 Å². The molecule has 0 saturated heterocycles. The highest BCUT2D eigenvalue weighted by Crippen LogP contribution is 1.76. The summed E-state index contributed by atoms with van der Waals surface area (Å²) in [6.07, 6.45) is 1.66. The number of hydrogen-bond acceptors (Lipinski definition) is 2. The van der Waals surface area contributed by atoms with E-state index in [1.54, 1.807) is 0 Å². The lowest BCUT2D eigenvalue weighted by molar-refractivity contribution is -0.367. The quantitative estimate of drug-likeness (QED) is 0.188. The van der Waals surface area contributed by atoms with E-state index in [0.29, 0.717) is 19.6 Å². The summed E-state index contributed by atoms with van der Waals surface area (Å²) < 4.78 is 0. The molecule has 0 aromatic heterocycles. The van der Waals surface area contributed by atoms with Crippen molar-refractivity contribution in [2.75, 3.05) is 26.2 Å². The maximum Gasteiger partial charge on any atom is 0.133 e. The molecule has 0 aromatic rings. The molecule has 88 valence electrons. The zero-order valence-corrected chi connectivity index (χ0v) is 9.00. The number of hydrogen-bond donors (Lipinski definition) is 5. The minimum Gasteiger partial charge on any atom is -0.440 e. The molecule has 0 aliphatic rings. The molecule has 0 aliphatic heterocycles. The maximum atomic E-state index is 9.28. The van der Waals surface area contributed by atoms with Crippen molar-refractivity contribution in [3.8, 4) is 0 Å². The second-order valence-corrected chi connectivity index (χ2v) is 3.02. The van der Waals surface area contributed by atoms with Gasteiger partial charge in [0.2, 0.25) is 0 Å². The summed E-state index contributed by atoms with van der Waals surface area (Å²) in [4.78, 5) is 3.98. The molecule has 9 N–H and O–H groups in total. The molecule has 0 atom stereocenters. The van der Waals surface area contributed by atoms with Crippen LogP contribution in [0.15, 0.2) is 4.99 Å². The van der Waals surface area contributed by atoms with E-state index in [2.05, 4.69) is 21.4 Å². The van der Waals surface area contributed by atoms with Crippen molar-refractivity contribution in [2.45, 2.75) is 12.8 Å². The van der Waals surface area contributed by atoms with Crippen LogP contribution in [-0.2, 0) is 0 Å². The first-order valence-corrected chi connectivity index (χ1v) is 5.06. The Morgan fingerprint density at radius 2 is 2.13 bits per heavy atom. The molecule has 0 spiro atoms. The molecule has 0 aliphatic carbocycles. The van der Waals surface area contributed by atoms with Crippen molar-refractivity contribution >= 4 is 11.9 Å². The molecular formula is C8H21N7. The average Bonchev–Trinajstić information content (AvgIpc) is 2.18. The van der Waals surface area contributed by atoms with Crippen LogP contribution in [0.2, 0.25) is 0 Å². The van der Waals surface area contributed by atoms with Crippen molar-refractivity contribution in [2.24, 2.45) is 16.5 Å². The smallest absolute Gasteiger partial charge is 0.133 e. The van der Waals surface area contributed by atoms with Crippen LogP contribution in [0.3, 0.4) is 0 Å². The van der Waals surface area contributed by atoms with Crippen LogP contribution in [-0.4, -0.2) is 38.1 Å². The molecule has 0 bridgehead atoms. The van der Waals surface area contributed by atoms with E-state index >= 15 is 0 Å². The minimum atomic E-state index is -0.0978. The summed E-state index contributed by atoms with van der Waals surface area (Å²) in [5.74, 6) is 0.0977. The highest BCUT2D eigenvalue weighted by Gasteiger charge is 1.89. The van der Waals surface area contributed by atoms with Gasteiger partial charge in [0, 0.05) is 18.9 Å². The Morgan fingerprint density at radius 1 is 1.40 bits per heavy atom. The molecular weight excluding hydrogens is 194 g/mol. The van der Waals surface area contributed by atoms with Gasteiger partial charge in [-0.05, 0) is 19.5 Å². The van der Waals surface area contributed by atoms with Gasteiger partial charge in [0.15, 0.2) is 0 Å². The van der Waals surface area contributed by atoms with Crippen molar-refractivity contribution < 1.29 is 5.73 Å². The minimum absolute atomic E-state index is 0.0978. The fraction of sp³-hybridized carbons (Fsp3) is 0.750. The predicted octanol–water partition coefficient (Wildman–Crippen LogP) is -2.61. The van der Waals surface area contributed by atoms with Crippen LogP contribution >= 0.6 is 0 Å². The lowest BCUT2D eigenvalue weighted by Gasteiger charge is -2.17. The van der Waals surface area contributed by atoms with E-state index in [1.165, 1.54) is 0 Å². The van der Waals surface area contributed by atoms with E-state index in [-0.39, 0.29) is 11.9 Å². The van der Waals surface area contributed by atoms with Gasteiger partial charge in [0.1, 0.15) is 5.96 Å². The largest absolute Gasteiger partial charge is 0.440 e. The summed E-state index contributed by atoms with van der Waals surface area (Å²) in [5.41, 5.74) is 14.5. The highest BCUT2D eigenvalue weighted by molar-refractivity contribution is 5.99. The van der Waals surface area contributed by atoms with Gasteiger partial charge < -0.3 is 33.2 Å². The van der Waals surface area contributed by atoms with Crippen LogP contribution in [0.25, 0.3) is 5.41 Å². The van der Waals surface area contributed by atoms with Crippen LogP contribution in [0.5, 0.6) is 0 Å². The zero-order valence-electron chi connectivity index (χ0n) is 9.00. The van der Waals surface area contributed by atoms with Gasteiger partial charge in [0.05, 0.1) is 6.54 Å². The third kappa shape index (κ3) is 8.98. The van der Waals surface area contributed by atoms with Gasteiger partial charge in [0.25, 0.3) is 0 Å². The molecule has 7 nitrogen and oxygen atoms in total. The molecule has 0 radical (unpaired) electrons. The number of nitrogens with two attached hydrogens (primary N) is 2. The van der Waals surface area contributed by atoms with Gasteiger partial charge in [-0.25, -0.2) is 0 Å². The number of rotatable bonds is 6. The molecule has 0 heterocycles. The van der Waals surface area contributed by atoms with Gasteiger partial charge in [-0.3, -0.25) is 4.99 Å². The predicted molar refractivity (Wildman–Crippen MR) is 62.0 cm³/mol. The first kappa shape index (κ1) is 13.7. The van der Waals surface area contributed by atoms with Gasteiger partial charge in [-0.1, -0.05) is 0 Å². The number of nitrogens with one attached hydrogen (secondary N) is 2. The number of quaternary nitrogens is 1. The summed E-state index contributed by atoms with van der Waals surface area (Å²) in [7, 11) is 0. The molecule has 0 unspecified atom stereocenters. The Bertz CT molecular complexity index is 201. The Hall–Kier alpha value is -1.34. The third-order valence-electron chi connectivity index (χ3n) is 1.61.